The molecule has 1 aliphatic carbocycles. The van der Waals surface area contributed by atoms with Crippen LogP contribution in [-0.2, 0) is 28.5 Å². The van der Waals surface area contributed by atoms with E-state index in [-0.39, 0.29) is 35.8 Å². The average Bonchev–Trinajstić information content (AvgIpc) is 3.58. The summed E-state index contributed by atoms with van der Waals surface area (Å²) in [5, 5.41) is 0. The molecule has 200 valence electrons. The fourth-order valence-corrected chi connectivity index (χ4v) is 5.43. The SMILES string of the molecule is CCOC(=O)CCN1CCN(C(=O)O[C@@H]2CC[C@]3(CO3)[C@@H](C(C)(C)OCC=C(C)C)[C@@H]2OC)CC1. The van der Waals surface area contributed by atoms with Crippen LogP contribution in [0.3, 0.4) is 0 Å². The van der Waals surface area contributed by atoms with E-state index < -0.39 is 5.60 Å². The lowest BCUT2D eigenvalue weighted by molar-refractivity contribution is -0.174. The minimum Gasteiger partial charge on any atom is -0.466 e. The Kier molecular flexibility index (Phi) is 9.60. The van der Waals surface area contributed by atoms with Crippen LogP contribution in [0.2, 0.25) is 0 Å². The van der Waals surface area contributed by atoms with Crippen molar-refractivity contribution in [1.29, 1.82) is 0 Å². The van der Waals surface area contributed by atoms with Gasteiger partial charge in [-0.15, -0.1) is 0 Å². The Labute approximate surface area is 210 Å². The highest BCUT2D eigenvalue weighted by Gasteiger charge is 2.64. The smallest absolute Gasteiger partial charge is 0.410 e. The number of epoxide rings is 1. The van der Waals surface area contributed by atoms with Crippen LogP contribution >= 0.6 is 0 Å². The molecule has 9 heteroatoms. The van der Waals surface area contributed by atoms with Gasteiger partial charge in [0.05, 0.1) is 37.4 Å². The number of ether oxygens (including phenoxy) is 5. The van der Waals surface area contributed by atoms with Gasteiger partial charge in [0.2, 0.25) is 0 Å². The molecule has 0 aromatic rings. The molecule has 35 heavy (non-hydrogen) atoms. The summed E-state index contributed by atoms with van der Waals surface area (Å²) in [5.74, 6) is -0.242. The van der Waals surface area contributed by atoms with Crippen molar-refractivity contribution in [3.05, 3.63) is 11.6 Å². The number of hydrogen-bond donors (Lipinski definition) is 0. The predicted octanol–water partition coefficient (Wildman–Crippen LogP) is 3.02. The molecule has 1 saturated carbocycles. The van der Waals surface area contributed by atoms with Gasteiger partial charge in [-0.05, 0) is 47.5 Å². The lowest BCUT2D eigenvalue weighted by Crippen LogP contribution is -2.59. The fraction of sp³-hybridized carbons (Fsp3) is 0.846. The minimum absolute atomic E-state index is 0.0585. The van der Waals surface area contributed by atoms with Crippen LogP contribution in [0, 0.1) is 5.92 Å². The van der Waals surface area contributed by atoms with Crippen LogP contribution in [0.15, 0.2) is 11.6 Å². The molecule has 0 aromatic carbocycles. The Morgan fingerprint density at radius 1 is 1.17 bits per heavy atom. The molecule has 0 radical (unpaired) electrons. The van der Waals surface area contributed by atoms with E-state index in [1.54, 1.807) is 18.9 Å². The van der Waals surface area contributed by atoms with Gasteiger partial charge in [0.15, 0.2) is 0 Å². The van der Waals surface area contributed by atoms with Crippen LogP contribution in [0.1, 0.15) is 53.9 Å². The summed E-state index contributed by atoms with van der Waals surface area (Å²) < 4.78 is 29.3. The molecule has 2 saturated heterocycles. The first-order chi connectivity index (χ1) is 16.6. The number of nitrogens with zero attached hydrogens (tertiary/aromatic N) is 2. The molecule has 0 bridgehead atoms. The van der Waals surface area contributed by atoms with Gasteiger partial charge in [-0.2, -0.15) is 0 Å². The number of carbonyl (C=O) groups excluding carboxylic acids is 2. The summed E-state index contributed by atoms with van der Waals surface area (Å²) in [4.78, 5) is 28.6. The Morgan fingerprint density at radius 2 is 1.86 bits per heavy atom. The highest BCUT2D eigenvalue weighted by atomic mass is 16.6. The summed E-state index contributed by atoms with van der Waals surface area (Å²) in [6.07, 6.45) is 2.96. The van der Waals surface area contributed by atoms with E-state index in [9.17, 15) is 9.59 Å². The Balaban J connectivity index is 1.56. The first kappa shape index (κ1) is 27.9. The van der Waals surface area contributed by atoms with E-state index >= 15 is 0 Å². The van der Waals surface area contributed by atoms with Crippen LogP contribution in [0.25, 0.3) is 0 Å². The molecule has 4 atom stereocenters. The van der Waals surface area contributed by atoms with Crippen LogP contribution in [0.4, 0.5) is 4.79 Å². The molecule has 1 spiro atoms. The average molecular weight is 497 g/mol. The number of carbonyl (C=O) groups is 2. The molecule has 9 nitrogen and oxygen atoms in total. The van der Waals surface area contributed by atoms with Crippen molar-refractivity contribution in [3.63, 3.8) is 0 Å². The van der Waals surface area contributed by atoms with Gasteiger partial charge >= 0.3 is 12.1 Å². The van der Waals surface area contributed by atoms with Crippen molar-refractivity contribution in [2.75, 3.05) is 59.7 Å². The summed E-state index contributed by atoms with van der Waals surface area (Å²) in [6.45, 7) is 14.8. The Hall–Kier alpha value is -1.68. The monoisotopic (exact) mass is 496 g/mol. The number of piperazine rings is 1. The van der Waals surface area contributed by atoms with E-state index in [0.717, 1.165) is 6.42 Å². The first-order valence-corrected chi connectivity index (χ1v) is 12.9. The largest absolute Gasteiger partial charge is 0.466 e. The van der Waals surface area contributed by atoms with Gasteiger partial charge in [-0.3, -0.25) is 9.69 Å². The number of allylic oxidation sites excluding steroid dienone is 1. The Morgan fingerprint density at radius 3 is 2.43 bits per heavy atom. The van der Waals surface area contributed by atoms with E-state index in [4.69, 9.17) is 23.7 Å². The first-order valence-electron chi connectivity index (χ1n) is 12.9. The van der Waals surface area contributed by atoms with Crippen molar-refractivity contribution >= 4 is 12.1 Å². The Bertz CT molecular complexity index is 753. The molecule has 3 aliphatic rings. The third-order valence-electron chi connectivity index (χ3n) is 7.42. The third-order valence-corrected chi connectivity index (χ3v) is 7.42. The van der Waals surface area contributed by atoms with Gasteiger partial charge in [0.25, 0.3) is 0 Å². The van der Waals surface area contributed by atoms with Crippen molar-refractivity contribution in [3.8, 4) is 0 Å². The predicted molar refractivity (Wildman–Crippen MR) is 131 cm³/mol. The zero-order valence-corrected chi connectivity index (χ0v) is 22.3. The highest BCUT2D eigenvalue weighted by molar-refractivity contribution is 5.69. The molecule has 1 amide bonds. The molecule has 0 aromatic heterocycles. The molecular formula is C26H44N2O7. The standard InChI is InChI=1S/C26H44N2O7/c1-7-32-21(29)9-12-27-13-15-28(16-14-27)24(30)35-20-8-11-26(18-34-26)23(22(20)31-6)25(4,5)33-17-10-19(2)3/h10,20,22-23H,7-9,11-18H2,1-6H3/t20-,22-,23-,26+/m1/s1. The van der Waals surface area contributed by atoms with Gasteiger partial charge in [-0.25, -0.2) is 4.79 Å². The number of rotatable bonds is 10. The summed E-state index contributed by atoms with van der Waals surface area (Å²) in [6, 6.07) is 0. The second-order valence-electron chi connectivity index (χ2n) is 10.6. The lowest BCUT2D eigenvalue weighted by Gasteiger charge is -2.48. The van der Waals surface area contributed by atoms with Gasteiger partial charge in [0, 0.05) is 45.8 Å². The molecular weight excluding hydrogens is 452 g/mol. The van der Waals surface area contributed by atoms with Crippen molar-refractivity contribution in [2.45, 2.75) is 77.3 Å². The molecule has 3 fully saturated rings. The zero-order valence-electron chi connectivity index (χ0n) is 22.3. The summed E-state index contributed by atoms with van der Waals surface area (Å²) in [7, 11) is 1.67. The zero-order chi connectivity index (χ0) is 25.6. The molecule has 3 rings (SSSR count). The molecule has 2 heterocycles. The molecule has 0 unspecified atom stereocenters. The quantitative estimate of drug-likeness (QED) is 0.259. The van der Waals surface area contributed by atoms with Crippen LogP contribution < -0.4 is 0 Å². The fourth-order valence-electron chi connectivity index (χ4n) is 5.43. The second kappa shape index (κ2) is 12.0. The highest BCUT2D eigenvalue weighted by Crippen LogP contribution is 2.52. The van der Waals surface area contributed by atoms with Gasteiger partial charge in [-0.1, -0.05) is 11.6 Å². The number of amides is 1. The number of esters is 1. The van der Waals surface area contributed by atoms with E-state index in [1.807, 2.05) is 0 Å². The van der Waals surface area contributed by atoms with Gasteiger partial charge < -0.3 is 28.6 Å². The van der Waals surface area contributed by atoms with E-state index in [2.05, 4.69) is 38.7 Å². The number of hydrogen-bond acceptors (Lipinski definition) is 8. The number of methoxy groups -OCH3 is 1. The maximum atomic E-state index is 13.1. The lowest BCUT2D eigenvalue weighted by atomic mass is 9.68. The van der Waals surface area contributed by atoms with Gasteiger partial charge in [0.1, 0.15) is 12.2 Å². The van der Waals surface area contributed by atoms with Crippen LogP contribution in [-0.4, -0.2) is 105 Å². The van der Waals surface area contributed by atoms with Crippen molar-refractivity contribution < 1.29 is 33.3 Å². The maximum absolute atomic E-state index is 13.1. The minimum atomic E-state index is -0.515. The third kappa shape index (κ3) is 7.18. The molecule has 0 N–H and O–H groups in total. The topological polar surface area (TPSA) is 90.1 Å². The van der Waals surface area contributed by atoms with Crippen LogP contribution in [0.5, 0.6) is 0 Å². The summed E-state index contributed by atoms with van der Waals surface area (Å²) >= 11 is 0. The van der Waals surface area contributed by atoms with E-state index in [0.29, 0.717) is 65.4 Å². The molecule has 2 aliphatic heterocycles. The second-order valence-corrected chi connectivity index (χ2v) is 10.6. The van der Waals surface area contributed by atoms with Crippen molar-refractivity contribution in [2.24, 2.45) is 5.92 Å². The van der Waals surface area contributed by atoms with Crippen molar-refractivity contribution in [1.82, 2.24) is 9.80 Å². The summed E-state index contributed by atoms with van der Waals surface area (Å²) in [5.41, 5.74) is 0.416. The maximum Gasteiger partial charge on any atom is 0.410 e. The normalized spacial score (nSPS) is 29.1. The van der Waals surface area contributed by atoms with E-state index in [1.165, 1.54) is 5.57 Å².